The van der Waals surface area contributed by atoms with Gasteiger partial charge in [0.25, 0.3) is 5.91 Å². The van der Waals surface area contributed by atoms with E-state index in [4.69, 9.17) is 16.3 Å². The van der Waals surface area contributed by atoms with Crippen molar-refractivity contribution in [2.24, 2.45) is 11.8 Å². The Hall–Kier alpha value is -3.34. The Labute approximate surface area is 277 Å². The van der Waals surface area contributed by atoms with Gasteiger partial charge in [0.1, 0.15) is 5.75 Å². The third-order valence-corrected chi connectivity index (χ3v) is 11.8. The zero-order valence-corrected chi connectivity index (χ0v) is 28.2. The summed E-state index contributed by atoms with van der Waals surface area (Å²) >= 11 is 6.38. The van der Waals surface area contributed by atoms with Crippen LogP contribution in [0.1, 0.15) is 60.0 Å². The Morgan fingerprint density at radius 2 is 2.00 bits per heavy atom. The molecule has 9 nitrogen and oxygen atoms in total. The van der Waals surface area contributed by atoms with Crippen LogP contribution in [0.5, 0.6) is 5.75 Å². The number of benzene rings is 2. The minimum atomic E-state index is -4.35. The van der Waals surface area contributed by atoms with Gasteiger partial charge in [-0.25, -0.2) is 13.1 Å². The van der Waals surface area contributed by atoms with Crippen LogP contribution in [0.2, 0.25) is 5.02 Å². The molecule has 0 bridgehead atoms. The zero-order valence-electron chi connectivity index (χ0n) is 26.6. The highest BCUT2D eigenvalue weighted by Crippen LogP contribution is 2.46. The highest BCUT2D eigenvalue weighted by atomic mass is 35.5. The number of sulfonamides is 1. The van der Waals surface area contributed by atoms with Crippen LogP contribution in [0.4, 0.5) is 5.69 Å². The van der Waals surface area contributed by atoms with E-state index in [1.807, 2.05) is 12.1 Å². The number of hydrogen-bond donors (Lipinski definition) is 2. The van der Waals surface area contributed by atoms with E-state index in [2.05, 4.69) is 28.8 Å². The fourth-order valence-corrected chi connectivity index (χ4v) is 8.85. The average molecular weight is 670 g/mol. The SMILES string of the molecule is C=CCC[C@H](C(=O)N(C)C)S(=O)(=O)NC(=O)c1ccc2c(c1)N(C[C@@H]1CC[C@H]1[C@@H](O)C=C)C[C@@]1(CCCc3cc(Cl)ccc31)CO2. The normalized spacial score (nSPS) is 23.4. The molecular weight excluding hydrogens is 626 g/mol. The quantitative estimate of drug-likeness (QED) is 0.328. The lowest BCUT2D eigenvalue weighted by Crippen LogP contribution is -2.49. The van der Waals surface area contributed by atoms with Crippen LogP contribution in [-0.2, 0) is 26.7 Å². The molecule has 2 aromatic carbocycles. The third kappa shape index (κ3) is 6.85. The number of nitrogens with one attached hydrogen (secondary N) is 1. The molecule has 248 valence electrons. The molecule has 0 aromatic heterocycles. The summed E-state index contributed by atoms with van der Waals surface area (Å²) in [5.74, 6) is -0.552. The number of carbonyl (C=O) groups is 2. The molecule has 1 heterocycles. The first-order valence-corrected chi connectivity index (χ1v) is 17.8. The van der Waals surface area contributed by atoms with E-state index in [0.717, 1.165) is 32.1 Å². The molecule has 11 heteroatoms. The van der Waals surface area contributed by atoms with Crippen LogP contribution in [0.3, 0.4) is 0 Å². The molecule has 0 unspecified atom stereocenters. The van der Waals surface area contributed by atoms with Gasteiger partial charge in [-0.1, -0.05) is 29.8 Å². The number of aryl methyl sites for hydroxylation is 1. The number of fused-ring (bicyclic) bond motifs is 3. The Balaban J connectivity index is 1.49. The first kappa shape index (κ1) is 34.0. The van der Waals surface area contributed by atoms with E-state index in [1.54, 1.807) is 30.4 Å². The lowest BCUT2D eigenvalue weighted by atomic mass is 9.68. The Morgan fingerprint density at radius 1 is 1.22 bits per heavy atom. The van der Waals surface area contributed by atoms with E-state index in [1.165, 1.54) is 30.1 Å². The molecule has 1 fully saturated rings. The van der Waals surface area contributed by atoms with Crippen molar-refractivity contribution < 1.29 is 27.9 Å². The summed E-state index contributed by atoms with van der Waals surface area (Å²) in [7, 11) is -1.39. The monoisotopic (exact) mass is 669 g/mol. The van der Waals surface area contributed by atoms with Gasteiger partial charge in [0.2, 0.25) is 15.9 Å². The van der Waals surface area contributed by atoms with Gasteiger partial charge in [-0.05, 0) is 98.2 Å². The maximum absolute atomic E-state index is 13.5. The first-order chi connectivity index (χ1) is 21.9. The van der Waals surface area contributed by atoms with Gasteiger partial charge in [0.15, 0.2) is 5.25 Å². The highest BCUT2D eigenvalue weighted by Gasteiger charge is 2.44. The van der Waals surface area contributed by atoms with Crippen LogP contribution in [0.15, 0.2) is 61.7 Å². The molecule has 1 spiro atoms. The molecule has 2 aliphatic carbocycles. The van der Waals surface area contributed by atoms with Gasteiger partial charge in [0, 0.05) is 43.2 Å². The van der Waals surface area contributed by atoms with Crippen molar-refractivity contribution in [1.29, 1.82) is 0 Å². The summed E-state index contributed by atoms with van der Waals surface area (Å²) in [6, 6.07) is 11.0. The van der Waals surface area contributed by atoms with Gasteiger partial charge in [0.05, 0.1) is 18.4 Å². The Morgan fingerprint density at radius 3 is 2.67 bits per heavy atom. The summed E-state index contributed by atoms with van der Waals surface area (Å²) in [4.78, 5) is 29.7. The zero-order chi connectivity index (χ0) is 33.2. The lowest BCUT2D eigenvalue weighted by molar-refractivity contribution is -0.128. The van der Waals surface area contributed by atoms with E-state index in [-0.39, 0.29) is 29.2 Å². The number of anilines is 1. The van der Waals surface area contributed by atoms with Gasteiger partial charge < -0.3 is 19.6 Å². The summed E-state index contributed by atoms with van der Waals surface area (Å²) < 4.78 is 35.4. The first-order valence-electron chi connectivity index (χ1n) is 15.9. The summed E-state index contributed by atoms with van der Waals surface area (Å²) in [5.41, 5.74) is 2.91. The molecule has 1 aliphatic heterocycles. The Kier molecular flexibility index (Phi) is 10.2. The molecule has 2 N–H and O–H groups in total. The second kappa shape index (κ2) is 13.8. The number of nitrogens with zero attached hydrogens (tertiary/aromatic N) is 2. The molecule has 5 atom stereocenters. The lowest BCUT2D eigenvalue weighted by Gasteiger charge is -2.45. The molecule has 2 amide bonds. The van der Waals surface area contributed by atoms with Crippen molar-refractivity contribution in [3.63, 3.8) is 0 Å². The minimum Gasteiger partial charge on any atom is -0.490 e. The van der Waals surface area contributed by atoms with E-state index < -0.39 is 33.2 Å². The number of allylic oxidation sites excluding steroid dienone is 1. The molecular formula is C35H44ClN3O6S. The number of aliphatic hydroxyl groups excluding tert-OH is 1. The van der Waals surface area contributed by atoms with Crippen molar-refractivity contribution in [2.75, 3.05) is 38.7 Å². The summed E-state index contributed by atoms with van der Waals surface area (Å²) in [6.45, 7) is 9.10. The summed E-state index contributed by atoms with van der Waals surface area (Å²) in [6.07, 6.45) is 7.50. The van der Waals surface area contributed by atoms with Crippen molar-refractivity contribution >= 4 is 39.1 Å². The maximum atomic E-state index is 13.5. The number of rotatable bonds is 11. The maximum Gasteiger partial charge on any atom is 0.264 e. The number of halogens is 1. The Bertz CT molecular complexity index is 1610. The van der Waals surface area contributed by atoms with Crippen molar-refractivity contribution in [3.05, 3.63) is 83.4 Å². The minimum absolute atomic E-state index is 0.00279. The van der Waals surface area contributed by atoms with Gasteiger partial charge in [-0.3, -0.25) is 9.59 Å². The largest absolute Gasteiger partial charge is 0.490 e. The fourth-order valence-electron chi connectivity index (χ4n) is 7.21. The predicted octanol–water partition coefficient (Wildman–Crippen LogP) is 4.87. The van der Waals surface area contributed by atoms with Gasteiger partial charge in [-0.15, -0.1) is 13.2 Å². The smallest absolute Gasteiger partial charge is 0.264 e. The standard InChI is InChI=1S/C35H44ClN3O6S/c1-5-7-10-32(34(42)38(3)4)46(43,44)37-33(41)24-12-16-31-29(19-24)39(20-25-11-14-27(25)30(40)6-2)21-35(22-45-31)17-8-9-23-18-26(36)13-15-28(23)35/h5-6,12-13,15-16,18-19,25,27,30,32,40H,1-2,7-11,14,17,20-22H2,3-4H3,(H,37,41)/t25-,27+,30-,32+,35-/m0/s1. The molecule has 3 aliphatic rings. The number of aliphatic hydroxyl groups is 1. The van der Waals surface area contributed by atoms with E-state index >= 15 is 0 Å². The second-order valence-corrected chi connectivity index (χ2v) is 15.4. The number of ether oxygens (including phenoxy) is 1. The van der Waals surface area contributed by atoms with Crippen LogP contribution in [0, 0.1) is 11.8 Å². The van der Waals surface area contributed by atoms with E-state index in [9.17, 15) is 23.1 Å². The summed E-state index contributed by atoms with van der Waals surface area (Å²) in [5, 5.41) is 9.87. The third-order valence-electron chi connectivity index (χ3n) is 9.87. The predicted molar refractivity (Wildman–Crippen MR) is 181 cm³/mol. The number of hydrogen-bond acceptors (Lipinski definition) is 7. The van der Waals surface area contributed by atoms with Crippen LogP contribution >= 0.6 is 11.6 Å². The molecule has 0 saturated heterocycles. The van der Waals surface area contributed by atoms with Crippen molar-refractivity contribution in [2.45, 2.75) is 61.7 Å². The fraction of sp³-hybridized carbons (Fsp3) is 0.486. The molecule has 46 heavy (non-hydrogen) atoms. The van der Waals surface area contributed by atoms with Crippen LogP contribution in [-0.4, -0.2) is 75.4 Å². The molecule has 1 saturated carbocycles. The van der Waals surface area contributed by atoms with Crippen molar-refractivity contribution in [1.82, 2.24) is 9.62 Å². The highest BCUT2D eigenvalue weighted by molar-refractivity contribution is 7.91. The molecule has 5 rings (SSSR count). The molecule has 2 aromatic rings. The number of carbonyl (C=O) groups excluding carboxylic acids is 2. The topological polar surface area (TPSA) is 116 Å². The van der Waals surface area contributed by atoms with Crippen molar-refractivity contribution in [3.8, 4) is 5.75 Å². The second-order valence-electron chi connectivity index (χ2n) is 13.1. The molecule has 0 radical (unpaired) electrons. The van der Waals surface area contributed by atoms with Crippen LogP contribution < -0.4 is 14.4 Å². The van der Waals surface area contributed by atoms with Gasteiger partial charge >= 0.3 is 0 Å². The number of amides is 2. The average Bonchev–Trinajstić information content (AvgIpc) is 3.15. The van der Waals surface area contributed by atoms with Crippen LogP contribution in [0.25, 0.3) is 0 Å². The van der Waals surface area contributed by atoms with Gasteiger partial charge in [-0.2, -0.15) is 0 Å². The van der Waals surface area contributed by atoms with E-state index in [0.29, 0.717) is 42.6 Å².